The maximum absolute atomic E-state index is 13.6. The highest BCUT2D eigenvalue weighted by Gasteiger charge is 2.21. The van der Waals surface area contributed by atoms with Crippen molar-refractivity contribution in [2.24, 2.45) is 0 Å². The van der Waals surface area contributed by atoms with Gasteiger partial charge in [0.2, 0.25) is 11.8 Å². The van der Waals surface area contributed by atoms with E-state index >= 15 is 0 Å². The minimum atomic E-state index is -0.615. The van der Waals surface area contributed by atoms with Gasteiger partial charge in [0, 0.05) is 5.69 Å². The molecule has 0 radical (unpaired) electrons. The van der Waals surface area contributed by atoms with Gasteiger partial charge in [0.25, 0.3) is 0 Å². The van der Waals surface area contributed by atoms with Crippen LogP contribution in [0.1, 0.15) is 6.92 Å². The van der Waals surface area contributed by atoms with Crippen LogP contribution in [0.5, 0.6) is 5.75 Å². The molecule has 0 aliphatic rings. The van der Waals surface area contributed by atoms with Gasteiger partial charge >= 0.3 is 0 Å². The number of methoxy groups -OCH3 is 1. The van der Waals surface area contributed by atoms with Crippen molar-refractivity contribution in [1.82, 2.24) is 4.90 Å². The zero-order valence-electron chi connectivity index (χ0n) is 15.0. The Labute approximate surface area is 152 Å². The van der Waals surface area contributed by atoms with E-state index < -0.39 is 17.8 Å². The van der Waals surface area contributed by atoms with Crippen LogP contribution in [0.25, 0.3) is 0 Å². The minimum absolute atomic E-state index is 0.0118. The maximum Gasteiger partial charge on any atom is 0.241 e. The van der Waals surface area contributed by atoms with Gasteiger partial charge in [0.15, 0.2) is 0 Å². The van der Waals surface area contributed by atoms with Gasteiger partial charge in [-0.15, -0.1) is 0 Å². The highest BCUT2D eigenvalue weighted by atomic mass is 19.1. The summed E-state index contributed by atoms with van der Waals surface area (Å²) >= 11 is 0. The summed E-state index contributed by atoms with van der Waals surface area (Å²) in [7, 11) is 3.22. The van der Waals surface area contributed by atoms with Crippen LogP contribution in [-0.4, -0.2) is 43.5 Å². The summed E-state index contributed by atoms with van der Waals surface area (Å²) in [6.45, 7) is 1.66. The monoisotopic (exact) mass is 359 g/mol. The van der Waals surface area contributed by atoms with E-state index in [1.807, 2.05) is 0 Å². The number of benzene rings is 2. The molecule has 2 rings (SSSR count). The van der Waals surface area contributed by atoms with E-state index in [4.69, 9.17) is 4.74 Å². The molecule has 2 aromatic rings. The number of hydrogen-bond acceptors (Lipinski definition) is 4. The van der Waals surface area contributed by atoms with Crippen molar-refractivity contribution in [3.8, 4) is 5.75 Å². The molecule has 0 aliphatic heterocycles. The van der Waals surface area contributed by atoms with Crippen molar-refractivity contribution in [3.05, 3.63) is 54.3 Å². The van der Waals surface area contributed by atoms with E-state index in [1.54, 1.807) is 62.4 Å². The Balaban J connectivity index is 1.88. The number of amides is 2. The highest BCUT2D eigenvalue weighted by molar-refractivity contribution is 5.96. The Hall–Kier alpha value is -2.93. The summed E-state index contributed by atoms with van der Waals surface area (Å²) < 4.78 is 18.7. The molecule has 0 unspecified atom stereocenters. The largest absolute Gasteiger partial charge is 0.497 e. The van der Waals surface area contributed by atoms with Crippen molar-refractivity contribution in [1.29, 1.82) is 0 Å². The molecule has 0 heterocycles. The van der Waals surface area contributed by atoms with Crippen LogP contribution < -0.4 is 15.4 Å². The van der Waals surface area contributed by atoms with E-state index in [2.05, 4.69) is 10.6 Å². The van der Waals surface area contributed by atoms with Crippen LogP contribution in [0.4, 0.5) is 15.8 Å². The predicted octanol–water partition coefficient (Wildman–Crippen LogP) is 2.73. The molecular weight excluding hydrogens is 337 g/mol. The molecule has 0 bridgehead atoms. The Morgan fingerprint density at radius 1 is 1.12 bits per heavy atom. The molecule has 2 aromatic carbocycles. The van der Waals surface area contributed by atoms with E-state index in [0.29, 0.717) is 11.4 Å². The SMILES string of the molecule is COc1ccc(NC(=O)CN(C)[C@@H](C)C(=O)Nc2ccccc2F)cc1. The third-order valence-electron chi connectivity index (χ3n) is 3.94. The van der Waals surface area contributed by atoms with Crippen molar-refractivity contribution in [3.63, 3.8) is 0 Å². The third-order valence-corrected chi connectivity index (χ3v) is 3.94. The number of likely N-dealkylation sites (N-methyl/N-ethyl adjacent to an activating group) is 1. The third kappa shape index (κ3) is 5.29. The predicted molar refractivity (Wildman–Crippen MR) is 98.7 cm³/mol. The van der Waals surface area contributed by atoms with Gasteiger partial charge in [-0.05, 0) is 50.4 Å². The van der Waals surface area contributed by atoms with E-state index in [9.17, 15) is 14.0 Å². The van der Waals surface area contributed by atoms with Crippen LogP contribution in [0, 0.1) is 5.82 Å². The number of hydrogen-bond donors (Lipinski definition) is 2. The van der Waals surface area contributed by atoms with Crippen LogP contribution >= 0.6 is 0 Å². The lowest BCUT2D eigenvalue weighted by atomic mass is 10.2. The van der Waals surface area contributed by atoms with Gasteiger partial charge in [-0.3, -0.25) is 14.5 Å². The summed E-state index contributed by atoms with van der Waals surface area (Å²) in [6.07, 6.45) is 0. The summed E-state index contributed by atoms with van der Waals surface area (Å²) in [5.74, 6) is -0.468. The molecule has 0 aromatic heterocycles. The zero-order valence-corrected chi connectivity index (χ0v) is 15.0. The van der Waals surface area contributed by atoms with Gasteiger partial charge in [0.05, 0.1) is 25.4 Å². The molecule has 0 fully saturated rings. The number of rotatable bonds is 7. The lowest BCUT2D eigenvalue weighted by Crippen LogP contribution is -2.43. The summed E-state index contributed by atoms with van der Waals surface area (Å²) in [5, 5.41) is 5.27. The number of para-hydroxylation sites is 1. The van der Waals surface area contributed by atoms with Crippen LogP contribution in [-0.2, 0) is 9.59 Å². The maximum atomic E-state index is 13.6. The second-order valence-electron chi connectivity index (χ2n) is 5.84. The molecular formula is C19H22FN3O3. The molecule has 138 valence electrons. The Bertz CT molecular complexity index is 765. The number of anilines is 2. The van der Waals surface area contributed by atoms with Crippen LogP contribution in [0.15, 0.2) is 48.5 Å². The first-order valence-electron chi connectivity index (χ1n) is 8.10. The van der Waals surface area contributed by atoms with Crippen LogP contribution in [0.3, 0.4) is 0 Å². The number of carbonyl (C=O) groups excluding carboxylic acids is 2. The quantitative estimate of drug-likeness (QED) is 0.797. The molecule has 0 saturated heterocycles. The fraction of sp³-hybridized carbons (Fsp3) is 0.263. The average Bonchev–Trinajstić information content (AvgIpc) is 2.63. The molecule has 2 amide bonds. The Kier molecular flexibility index (Phi) is 6.68. The smallest absolute Gasteiger partial charge is 0.241 e. The molecule has 0 spiro atoms. The number of nitrogens with zero attached hydrogens (tertiary/aromatic N) is 1. The van der Waals surface area contributed by atoms with E-state index in [-0.39, 0.29) is 18.1 Å². The van der Waals surface area contributed by atoms with E-state index in [0.717, 1.165) is 0 Å². The zero-order chi connectivity index (χ0) is 19.1. The number of nitrogens with one attached hydrogen (secondary N) is 2. The van der Waals surface area contributed by atoms with E-state index in [1.165, 1.54) is 12.1 Å². The first-order chi connectivity index (χ1) is 12.4. The summed E-state index contributed by atoms with van der Waals surface area (Å²) in [6, 6.07) is 12.3. The van der Waals surface area contributed by atoms with Crippen molar-refractivity contribution in [2.75, 3.05) is 31.3 Å². The Morgan fingerprint density at radius 2 is 1.77 bits per heavy atom. The average molecular weight is 359 g/mol. The highest BCUT2D eigenvalue weighted by Crippen LogP contribution is 2.15. The van der Waals surface area contributed by atoms with Gasteiger partial charge in [-0.1, -0.05) is 12.1 Å². The summed E-state index contributed by atoms with van der Waals surface area (Å²) in [5.41, 5.74) is 0.744. The first-order valence-corrected chi connectivity index (χ1v) is 8.10. The van der Waals surface area contributed by atoms with Crippen molar-refractivity contribution >= 4 is 23.2 Å². The number of halogens is 1. The topological polar surface area (TPSA) is 70.7 Å². The molecule has 7 heteroatoms. The van der Waals surface area contributed by atoms with Crippen molar-refractivity contribution < 1.29 is 18.7 Å². The summed E-state index contributed by atoms with van der Waals surface area (Å²) in [4.78, 5) is 26.0. The lowest BCUT2D eigenvalue weighted by Gasteiger charge is -2.23. The van der Waals surface area contributed by atoms with Crippen molar-refractivity contribution in [2.45, 2.75) is 13.0 Å². The lowest BCUT2D eigenvalue weighted by molar-refractivity contribution is -0.122. The molecule has 2 N–H and O–H groups in total. The fourth-order valence-electron chi connectivity index (χ4n) is 2.24. The molecule has 6 nitrogen and oxygen atoms in total. The second kappa shape index (κ2) is 8.96. The normalized spacial score (nSPS) is 11.7. The molecule has 1 atom stereocenters. The van der Waals surface area contributed by atoms with Crippen LogP contribution in [0.2, 0.25) is 0 Å². The molecule has 0 aliphatic carbocycles. The Morgan fingerprint density at radius 3 is 2.38 bits per heavy atom. The standard InChI is InChI=1S/C19H22FN3O3/c1-13(19(25)22-17-7-5-4-6-16(17)20)23(2)12-18(24)21-14-8-10-15(26-3)11-9-14/h4-11,13H,12H2,1-3H3,(H,21,24)(H,22,25)/t13-/m0/s1. The fourth-order valence-corrected chi connectivity index (χ4v) is 2.24. The number of carbonyl (C=O) groups is 2. The van der Waals surface area contributed by atoms with Gasteiger partial charge in [-0.2, -0.15) is 0 Å². The minimum Gasteiger partial charge on any atom is -0.497 e. The van der Waals surface area contributed by atoms with Gasteiger partial charge < -0.3 is 15.4 Å². The van der Waals surface area contributed by atoms with Gasteiger partial charge in [-0.25, -0.2) is 4.39 Å². The second-order valence-corrected chi connectivity index (χ2v) is 5.84. The first kappa shape index (κ1) is 19.4. The van der Waals surface area contributed by atoms with Gasteiger partial charge in [0.1, 0.15) is 11.6 Å². The number of ether oxygens (including phenoxy) is 1. The molecule has 0 saturated carbocycles. The molecule has 26 heavy (non-hydrogen) atoms.